The van der Waals surface area contributed by atoms with Gasteiger partial charge in [-0.25, -0.2) is 5.01 Å². The Balaban J connectivity index is 1.95. The van der Waals surface area contributed by atoms with E-state index in [1.807, 2.05) is 0 Å². The fraction of sp³-hybridized carbons (Fsp3) is 0.0625. The molecule has 0 fully saturated rings. The second-order valence-corrected chi connectivity index (χ2v) is 6.21. The van der Waals surface area contributed by atoms with Gasteiger partial charge in [-0.05, 0) is 46.3 Å². The largest absolute Gasteiger partial charge is 0.280 e. The van der Waals surface area contributed by atoms with Crippen LogP contribution in [0.1, 0.15) is 31.1 Å². The number of carbonyl (C=O) groups is 3. The predicted molar refractivity (Wildman–Crippen MR) is 88.2 cm³/mol. The van der Waals surface area contributed by atoms with Crippen LogP contribution in [0.15, 0.2) is 46.9 Å². The van der Waals surface area contributed by atoms with Gasteiger partial charge in [0.2, 0.25) is 0 Å². The van der Waals surface area contributed by atoms with E-state index in [1.54, 1.807) is 36.4 Å². The number of hydrazine groups is 1. The maximum atomic E-state index is 12.6. The van der Waals surface area contributed by atoms with Gasteiger partial charge >= 0.3 is 0 Å². The second-order valence-electron chi connectivity index (χ2n) is 4.92. The number of rotatable bonds is 2. The van der Waals surface area contributed by atoms with Crippen molar-refractivity contribution in [2.45, 2.75) is 0 Å². The number of amides is 3. The van der Waals surface area contributed by atoms with Crippen molar-refractivity contribution in [3.8, 4) is 0 Å². The molecule has 0 spiro atoms. The van der Waals surface area contributed by atoms with Crippen LogP contribution in [0, 0.1) is 0 Å². The van der Waals surface area contributed by atoms with Crippen molar-refractivity contribution in [3.63, 3.8) is 0 Å². The molecule has 2 aromatic carbocycles. The predicted octanol–water partition coefficient (Wildman–Crippen LogP) is 3.39. The van der Waals surface area contributed by atoms with Gasteiger partial charge in [-0.3, -0.25) is 14.4 Å². The van der Waals surface area contributed by atoms with Crippen LogP contribution in [0.2, 0.25) is 5.02 Å². The highest BCUT2D eigenvalue weighted by Gasteiger charge is 2.40. The van der Waals surface area contributed by atoms with Crippen LogP contribution in [0.25, 0.3) is 0 Å². The zero-order valence-electron chi connectivity index (χ0n) is 11.9. The van der Waals surface area contributed by atoms with Crippen LogP contribution < -0.4 is 0 Å². The first-order chi connectivity index (χ1) is 10.9. The van der Waals surface area contributed by atoms with Gasteiger partial charge in [-0.2, -0.15) is 5.01 Å². The van der Waals surface area contributed by atoms with E-state index >= 15 is 0 Å². The van der Waals surface area contributed by atoms with Gasteiger partial charge in [0.25, 0.3) is 17.7 Å². The Morgan fingerprint density at radius 2 is 1.65 bits per heavy atom. The second kappa shape index (κ2) is 5.79. The standard InChI is InChI=1S/C16H10BrClN2O3/c1-19(14(21)12-7-6-9(18)8-13(12)17)20-15(22)10-4-2-3-5-11(10)16(20)23/h2-8H,1H3. The lowest BCUT2D eigenvalue weighted by molar-refractivity contribution is 0.0127. The molecule has 3 rings (SSSR count). The quantitative estimate of drug-likeness (QED) is 0.735. The molecular weight excluding hydrogens is 384 g/mol. The first kappa shape index (κ1) is 15.7. The third-order valence-corrected chi connectivity index (χ3v) is 4.42. The molecule has 1 aliphatic heterocycles. The summed E-state index contributed by atoms with van der Waals surface area (Å²) in [5.41, 5.74) is 0.869. The Morgan fingerprint density at radius 1 is 1.09 bits per heavy atom. The van der Waals surface area contributed by atoms with Gasteiger partial charge in [0, 0.05) is 16.5 Å². The van der Waals surface area contributed by atoms with Crippen molar-refractivity contribution in [2.75, 3.05) is 7.05 Å². The molecule has 0 radical (unpaired) electrons. The fourth-order valence-electron chi connectivity index (χ4n) is 2.38. The van der Waals surface area contributed by atoms with E-state index in [1.165, 1.54) is 13.1 Å². The van der Waals surface area contributed by atoms with Crippen LogP contribution in [-0.4, -0.2) is 34.8 Å². The fourth-order valence-corrected chi connectivity index (χ4v) is 3.23. The third kappa shape index (κ3) is 2.54. The van der Waals surface area contributed by atoms with E-state index in [2.05, 4.69) is 15.9 Å². The maximum Gasteiger partial charge on any atom is 0.280 e. The molecule has 0 atom stereocenters. The zero-order valence-corrected chi connectivity index (χ0v) is 14.3. The molecular formula is C16H10BrClN2O3. The van der Waals surface area contributed by atoms with Crippen LogP contribution >= 0.6 is 27.5 Å². The molecule has 0 N–H and O–H groups in total. The number of imide groups is 1. The normalized spacial score (nSPS) is 13.3. The van der Waals surface area contributed by atoms with Gasteiger partial charge < -0.3 is 0 Å². The SMILES string of the molecule is CN(C(=O)c1ccc(Cl)cc1Br)N1C(=O)c2ccccc2C1=O. The number of hydrogen-bond acceptors (Lipinski definition) is 3. The average Bonchev–Trinajstić information content (AvgIpc) is 2.78. The lowest BCUT2D eigenvalue weighted by atomic mass is 10.1. The van der Waals surface area contributed by atoms with Crippen molar-refractivity contribution in [1.29, 1.82) is 0 Å². The summed E-state index contributed by atoms with van der Waals surface area (Å²) >= 11 is 9.12. The third-order valence-electron chi connectivity index (χ3n) is 3.53. The molecule has 3 amide bonds. The van der Waals surface area contributed by atoms with Crippen LogP contribution in [0.5, 0.6) is 0 Å². The minimum Gasteiger partial charge on any atom is -0.267 e. The van der Waals surface area contributed by atoms with Crippen LogP contribution in [-0.2, 0) is 0 Å². The molecule has 5 nitrogen and oxygen atoms in total. The van der Waals surface area contributed by atoms with Crippen molar-refractivity contribution in [2.24, 2.45) is 0 Å². The monoisotopic (exact) mass is 392 g/mol. The van der Waals surface area contributed by atoms with Gasteiger partial charge in [-0.15, -0.1) is 0 Å². The Kier molecular flexibility index (Phi) is 3.95. The number of nitrogens with zero attached hydrogens (tertiary/aromatic N) is 2. The molecule has 1 heterocycles. The summed E-state index contributed by atoms with van der Waals surface area (Å²) in [6.45, 7) is 0. The summed E-state index contributed by atoms with van der Waals surface area (Å²) in [4.78, 5) is 37.4. The zero-order chi connectivity index (χ0) is 16.7. The maximum absolute atomic E-state index is 12.6. The molecule has 0 unspecified atom stereocenters. The Hall–Kier alpha value is -2.18. The lowest BCUT2D eigenvalue weighted by Crippen LogP contribution is -2.47. The van der Waals surface area contributed by atoms with E-state index in [4.69, 9.17) is 11.6 Å². The Morgan fingerprint density at radius 3 is 2.17 bits per heavy atom. The first-order valence-electron chi connectivity index (χ1n) is 6.62. The summed E-state index contributed by atoms with van der Waals surface area (Å²) in [7, 11) is 1.38. The van der Waals surface area contributed by atoms with E-state index in [0.29, 0.717) is 15.1 Å². The highest BCUT2D eigenvalue weighted by Crippen LogP contribution is 2.27. The summed E-state index contributed by atoms with van der Waals surface area (Å²) in [5, 5.41) is 2.32. The van der Waals surface area contributed by atoms with Crippen LogP contribution in [0.4, 0.5) is 0 Å². The van der Waals surface area contributed by atoms with Gasteiger partial charge in [-0.1, -0.05) is 23.7 Å². The van der Waals surface area contributed by atoms with Gasteiger partial charge in [0.1, 0.15) is 0 Å². The number of fused-ring (bicyclic) bond motifs is 1. The molecule has 23 heavy (non-hydrogen) atoms. The van der Waals surface area contributed by atoms with Gasteiger partial charge in [0.05, 0.1) is 16.7 Å². The molecule has 116 valence electrons. The minimum atomic E-state index is -0.522. The molecule has 2 aromatic rings. The molecule has 0 saturated heterocycles. The summed E-state index contributed by atoms with van der Waals surface area (Å²) < 4.78 is 0.485. The number of benzene rings is 2. The summed E-state index contributed by atoms with van der Waals surface area (Å²) in [6, 6.07) is 11.1. The number of halogens is 2. The van der Waals surface area contributed by atoms with E-state index < -0.39 is 17.7 Å². The molecule has 7 heteroatoms. The van der Waals surface area contributed by atoms with Crippen LogP contribution in [0.3, 0.4) is 0 Å². The van der Waals surface area contributed by atoms with Crippen molar-refractivity contribution < 1.29 is 14.4 Å². The molecule has 1 aliphatic rings. The topological polar surface area (TPSA) is 57.7 Å². The number of carbonyl (C=O) groups excluding carboxylic acids is 3. The average molecular weight is 394 g/mol. The summed E-state index contributed by atoms with van der Waals surface area (Å²) in [6.07, 6.45) is 0. The van der Waals surface area contributed by atoms with E-state index in [0.717, 1.165) is 10.0 Å². The highest BCUT2D eigenvalue weighted by atomic mass is 79.9. The summed E-state index contributed by atoms with van der Waals surface area (Å²) in [5.74, 6) is -1.54. The molecule has 0 saturated carbocycles. The van der Waals surface area contributed by atoms with Crippen molar-refractivity contribution >= 4 is 45.3 Å². The Labute approximate surface area is 145 Å². The smallest absolute Gasteiger partial charge is 0.267 e. The highest BCUT2D eigenvalue weighted by molar-refractivity contribution is 9.10. The minimum absolute atomic E-state index is 0.285. The molecule has 0 aliphatic carbocycles. The number of hydrogen-bond donors (Lipinski definition) is 0. The van der Waals surface area contributed by atoms with E-state index in [9.17, 15) is 14.4 Å². The van der Waals surface area contributed by atoms with E-state index in [-0.39, 0.29) is 11.1 Å². The Bertz CT molecular complexity index is 818. The lowest BCUT2D eigenvalue weighted by Gasteiger charge is -2.26. The molecule has 0 bridgehead atoms. The first-order valence-corrected chi connectivity index (χ1v) is 7.79. The molecule has 0 aromatic heterocycles. The van der Waals surface area contributed by atoms with Gasteiger partial charge in [0.15, 0.2) is 0 Å². The van der Waals surface area contributed by atoms with Crippen molar-refractivity contribution in [3.05, 3.63) is 68.7 Å². The van der Waals surface area contributed by atoms with Crippen molar-refractivity contribution in [1.82, 2.24) is 10.0 Å².